The molecular formula is C10H10NO2S-. The van der Waals surface area contributed by atoms with Gasteiger partial charge >= 0.3 is 0 Å². The van der Waals surface area contributed by atoms with Gasteiger partial charge in [0.15, 0.2) is 0 Å². The third kappa shape index (κ3) is 2.01. The second kappa shape index (κ2) is 3.92. The molecule has 0 unspecified atom stereocenters. The maximum atomic E-state index is 10.3. The molecule has 0 spiro atoms. The number of benzene rings is 1. The first-order valence-corrected chi connectivity index (χ1v) is 5.59. The number of carbonyl (C=O) groups excluding carboxylic acids is 1. The molecule has 1 aliphatic rings. The minimum atomic E-state index is -1.25. The van der Waals surface area contributed by atoms with Gasteiger partial charge in [-0.05, 0) is 35.4 Å². The van der Waals surface area contributed by atoms with Crippen LogP contribution >= 0.6 is 11.8 Å². The lowest BCUT2D eigenvalue weighted by Crippen LogP contribution is -2.28. The maximum absolute atomic E-state index is 10.3. The second-order valence-corrected chi connectivity index (χ2v) is 4.30. The van der Waals surface area contributed by atoms with Crippen molar-refractivity contribution >= 4 is 23.5 Å². The molecule has 1 amide bonds. The van der Waals surface area contributed by atoms with Crippen LogP contribution in [-0.4, -0.2) is 11.8 Å². The van der Waals surface area contributed by atoms with E-state index in [9.17, 15) is 9.90 Å². The first-order chi connectivity index (χ1) is 6.75. The lowest BCUT2D eigenvalue weighted by molar-refractivity contribution is -0.242. The second-order valence-electron chi connectivity index (χ2n) is 3.20. The minimum Gasteiger partial charge on any atom is -0.530 e. The molecule has 0 saturated carbocycles. The summed E-state index contributed by atoms with van der Waals surface area (Å²) in [6, 6.07) is 5.65. The third-order valence-electron chi connectivity index (χ3n) is 2.23. The van der Waals surface area contributed by atoms with E-state index < -0.39 is 6.09 Å². The lowest BCUT2D eigenvalue weighted by atomic mass is 10.1. The number of thioether (sulfide) groups is 1. The molecule has 1 aliphatic heterocycles. The van der Waals surface area contributed by atoms with Crippen molar-refractivity contribution in [2.24, 2.45) is 0 Å². The predicted octanol–water partition coefficient (Wildman–Crippen LogP) is 1.23. The number of rotatable bonds is 1. The van der Waals surface area contributed by atoms with E-state index in [0.29, 0.717) is 5.69 Å². The van der Waals surface area contributed by atoms with Crippen molar-refractivity contribution in [1.29, 1.82) is 0 Å². The number of carbonyl (C=O) groups is 1. The highest BCUT2D eigenvalue weighted by molar-refractivity contribution is 7.98. The number of anilines is 1. The molecule has 1 heterocycles. The molecule has 1 N–H and O–H groups in total. The highest BCUT2D eigenvalue weighted by atomic mass is 32.2. The molecule has 0 atom stereocenters. The lowest BCUT2D eigenvalue weighted by Gasteiger charge is -2.17. The van der Waals surface area contributed by atoms with Gasteiger partial charge in [-0.2, -0.15) is 11.8 Å². The van der Waals surface area contributed by atoms with Crippen molar-refractivity contribution in [3.8, 4) is 0 Å². The number of carboxylic acid groups (broad SMARTS) is 1. The van der Waals surface area contributed by atoms with Crippen molar-refractivity contribution in [2.45, 2.75) is 12.2 Å². The van der Waals surface area contributed by atoms with E-state index >= 15 is 0 Å². The average molecular weight is 208 g/mol. The van der Waals surface area contributed by atoms with Gasteiger partial charge < -0.3 is 15.2 Å². The number of hydrogen-bond donors (Lipinski definition) is 1. The fourth-order valence-electron chi connectivity index (χ4n) is 1.56. The van der Waals surface area contributed by atoms with Gasteiger partial charge in [0.05, 0.1) is 0 Å². The zero-order valence-electron chi connectivity index (χ0n) is 7.58. The molecule has 14 heavy (non-hydrogen) atoms. The van der Waals surface area contributed by atoms with Crippen LogP contribution in [0.1, 0.15) is 11.1 Å². The van der Waals surface area contributed by atoms with Crippen LogP contribution in [0.25, 0.3) is 0 Å². The Labute approximate surface area is 86.5 Å². The normalized spacial score (nSPS) is 14.6. The summed E-state index contributed by atoms with van der Waals surface area (Å²) in [7, 11) is 0. The summed E-state index contributed by atoms with van der Waals surface area (Å²) in [6.45, 7) is 0. The molecule has 1 aromatic carbocycles. The molecule has 2 rings (SSSR count). The zero-order valence-corrected chi connectivity index (χ0v) is 8.39. The SMILES string of the molecule is O=C([O-])Nc1ccc2c(c1)CCSC2. The van der Waals surface area contributed by atoms with E-state index in [2.05, 4.69) is 5.32 Å². The molecule has 0 fully saturated rings. The molecule has 0 aliphatic carbocycles. The van der Waals surface area contributed by atoms with Crippen LogP contribution in [0.15, 0.2) is 18.2 Å². The van der Waals surface area contributed by atoms with Crippen molar-refractivity contribution in [3.63, 3.8) is 0 Å². The Kier molecular flexibility index (Phi) is 2.63. The summed E-state index contributed by atoms with van der Waals surface area (Å²) in [4.78, 5) is 10.3. The van der Waals surface area contributed by atoms with Crippen LogP contribution in [0.5, 0.6) is 0 Å². The Morgan fingerprint density at radius 1 is 1.43 bits per heavy atom. The summed E-state index contributed by atoms with van der Waals surface area (Å²) in [6.07, 6.45) is -0.238. The van der Waals surface area contributed by atoms with Crippen molar-refractivity contribution in [3.05, 3.63) is 29.3 Å². The fraction of sp³-hybridized carbons (Fsp3) is 0.300. The predicted molar refractivity (Wildman–Crippen MR) is 55.3 cm³/mol. The maximum Gasteiger partial charge on any atom is 0.138 e. The van der Waals surface area contributed by atoms with E-state index in [1.165, 1.54) is 11.1 Å². The molecular weight excluding hydrogens is 198 g/mol. The molecule has 4 heteroatoms. The van der Waals surface area contributed by atoms with E-state index in [4.69, 9.17) is 0 Å². The van der Waals surface area contributed by atoms with Gasteiger partial charge in [0.1, 0.15) is 6.09 Å². The number of amides is 1. The van der Waals surface area contributed by atoms with Gasteiger partial charge in [0, 0.05) is 11.4 Å². The monoisotopic (exact) mass is 208 g/mol. The first-order valence-electron chi connectivity index (χ1n) is 4.43. The van der Waals surface area contributed by atoms with Crippen LogP contribution in [0.4, 0.5) is 10.5 Å². The highest BCUT2D eigenvalue weighted by Gasteiger charge is 2.09. The number of hydrogen-bond acceptors (Lipinski definition) is 3. The van der Waals surface area contributed by atoms with E-state index in [0.717, 1.165) is 17.9 Å². The van der Waals surface area contributed by atoms with Crippen LogP contribution in [0, 0.1) is 0 Å². The first kappa shape index (κ1) is 9.40. The van der Waals surface area contributed by atoms with Crippen LogP contribution in [0.2, 0.25) is 0 Å². The van der Waals surface area contributed by atoms with Crippen molar-refractivity contribution in [1.82, 2.24) is 0 Å². The fourth-order valence-corrected chi connectivity index (χ4v) is 2.57. The van der Waals surface area contributed by atoms with E-state index in [1.54, 1.807) is 6.07 Å². The molecule has 74 valence electrons. The molecule has 1 aromatic rings. The van der Waals surface area contributed by atoms with Crippen molar-refractivity contribution < 1.29 is 9.90 Å². The van der Waals surface area contributed by atoms with Gasteiger partial charge in [-0.3, -0.25) is 0 Å². The van der Waals surface area contributed by atoms with Gasteiger partial charge in [-0.25, -0.2) is 0 Å². The van der Waals surface area contributed by atoms with Crippen LogP contribution in [0.3, 0.4) is 0 Å². The minimum absolute atomic E-state index is 0.607. The summed E-state index contributed by atoms with van der Waals surface area (Å²) < 4.78 is 0. The van der Waals surface area contributed by atoms with E-state index in [-0.39, 0.29) is 0 Å². The molecule has 3 nitrogen and oxygen atoms in total. The molecule has 0 bridgehead atoms. The Hall–Kier alpha value is -1.16. The van der Waals surface area contributed by atoms with Crippen LogP contribution < -0.4 is 10.4 Å². The van der Waals surface area contributed by atoms with Gasteiger partial charge in [-0.1, -0.05) is 6.07 Å². The van der Waals surface area contributed by atoms with Gasteiger partial charge in [0.2, 0.25) is 0 Å². The summed E-state index contributed by atoms with van der Waals surface area (Å²) in [5.74, 6) is 2.14. The topological polar surface area (TPSA) is 52.2 Å². The highest BCUT2D eigenvalue weighted by Crippen LogP contribution is 2.26. The number of aryl methyl sites for hydroxylation is 1. The summed E-state index contributed by atoms with van der Waals surface area (Å²) in [5.41, 5.74) is 3.16. The summed E-state index contributed by atoms with van der Waals surface area (Å²) >= 11 is 1.91. The molecule has 0 aromatic heterocycles. The Morgan fingerprint density at radius 3 is 3.07 bits per heavy atom. The zero-order chi connectivity index (χ0) is 9.97. The van der Waals surface area contributed by atoms with Crippen LogP contribution in [-0.2, 0) is 12.2 Å². The third-order valence-corrected chi connectivity index (χ3v) is 3.23. The average Bonchev–Trinajstić information content (AvgIpc) is 2.17. The standard InChI is InChI=1S/C10H11NO2S/c12-10(13)11-9-2-1-8-6-14-4-3-7(8)5-9/h1-2,5,11H,3-4,6H2,(H,12,13)/p-1. The van der Waals surface area contributed by atoms with Gasteiger partial charge in [-0.15, -0.1) is 0 Å². The quantitative estimate of drug-likeness (QED) is 0.755. The largest absolute Gasteiger partial charge is 0.530 e. The Bertz CT molecular complexity index is 365. The van der Waals surface area contributed by atoms with Crippen molar-refractivity contribution in [2.75, 3.05) is 11.1 Å². The molecule has 0 radical (unpaired) electrons. The Balaban J connectivity index is 2.24. The number of nitrogens with one attached hydrogen (secondary N) is 1. The van der Waals surface area contributed by atoms with Gasteiger partial charge in [0.25, 0.3) is 0 Å². The number of fused-ring (bicyclic) bond motifs is 1. The Morgan fingerprint density at radius 2 is 2.29 bits per heavy atom. The van der Waals surface area contributed by atoms with E-state index in [1.807, 2.05) is 23.9 Å². The molecule has 0 saturated heterocycles. The summed E-state index contributed by atoms with van der Waals surface area (Å²) in [5, 5.41) is 12.6. The smallest absolute Gasteiger partial charge is 0.138 e.